The lowest BCUT2D eigenvalue weighted by atomic mass is 10.2. The Labute approximate surface area is 160 Å². The number of nitrogens with zero attached hydrogens (tertiary/aromatic N) is 4. The Kier molecular flexibility index (Phi) is 6.05. The van der Waals surface area contributed by atoms with Gasteiger partial charge in [-0.3, -0.25) is 18.7 Å². The van der Waals surface area contributed by atoms with Crippen LogP contribution < -0.4 is 16.6 Å². The van der Waals surface area contributed by atoms with Crippen molar-refractivity contribution in [2.24, 2.45) is 14.1 Å². The number of amides is 1. The number of carbonyl (C=O) groups is 1. The minimum atomic E-state index is -0.417. The summed E-state index contributed by atoms with van der Waals surface area (Å²) >= 11 is 1.27. The van der Waals surface area contributed by atoms with E-state index in [1.54, 1.807) is 11.6 Å². The van der Waals surface area contributed by atoms with Crippen LogP contribution in [0, 0.1) is 0 Å². The van der Waals surface area contributed by atoms with Crippen molar-refractivity contribution in [3.05, 3.63) is 20.8 Å². The Balaban J connectivity index is 1.81. The summed E-state index contributed by atoms with van der Waals surface area (Å²) in [5.74, 6) is 0.0842. The number of thioether (sulfide) groups is 1. The summed E-state index contributed by atoms with van der Waals surface area (Å²) in [5, 5.41) is 3.45. The summed E-state index contributed by atoms with van der Waals surface area (Å²) in [6.07, 6.45) is 2.90. The second-order valence-electron chi connectivity index (χ2n) is 6.65. The highest BCUT2D eigenvalue weighted by Crippen LogP contribution is 2.22. The van der Waals surface area contributed by atoms with Crippen molar-refractivity contribution in [3.63, 3.8) is 0 Å². The Morgan fingerprint density at radius 2 is 2.11 bits per heavy atom. The van der Waals surface area contributed by atoms with E-state index >= 15 is 0 Å². The molecule has 3 heterocycles. The van der Waals surface area contributed by atoms with E-state index in [9.17, 15) is 14.4 Å². The molecule has 1 fully saturated rings. The molecule has 1 atom stereocenters. The number of rotatable bonds is 7. The first-order valence-electron chi connectivity index (χ1n) is 9.11. The largest absolute Gasteiger partial charge is 0.376 e. The second kappa shape index (κ2) is 8.30. The van der Waals surface area contributed by atoms with Crippen molar-refractivity contribution in [1.29, 1.82) is 0 Å². The van der Waals surface area contributed by atoms with Gasteiger partial charge in [-0.05, 0) is 19.3 Å². The molecular formula is C17H25N5O4S. The summed E-state index contributed by atoms with van der Waals surface area (Å²) in [4.78, 5) is 41.4. The van der Waals surface area contributed by atoms with Crippen LogP contribution in [0.5, 0.6) is 0 Å². The summed E-state index contributed by atoms with van der Waals surface area (Å²) in [7, 11) is 3.05. The third-order valence-corrected chi connectivity index (χ3v) is 5.62. The Bertz CT molecular complexity index is 955. The van der Waals surface area contributed by atoms with Crippen molar-refractivity contribution < 1.29 is 9.53 Å². The fraction of sp³-hybridized carbons (Fsp3) is 0.647. The average molecular weight is 395 g/mol. The molecule has 0 bridgehead atoms. The lowest BCUT2D eigenvalue weighted by molar-refractivity contribution is -0.119. The first kappa shape index (κ1) is 19.7. The van der Waals surface area contributed by atoms with E-state index in [0.717, 1.165) is 30.4 Å². The molecule has 0 radical (unpaired) electrons. The van der Waals surface area contributed by atoms with Gasteiger partial charge in [-0.25, -0.2) is 9.78 Å². The number of imidazole rings is 1. The van der Waals surface area contributed by atoms with E-state index in [1.165, 1.54) is 23.4 Å². The van der Waals surface area contributed by atoms with Crippen molar-refractivity contribution >= 4 is 28.8 Å². The monoisotopic (exact) mass is 395 g/mol. The number of ether oxygens (including phenoxy) is 1. The van der Waals surface area contributed by atoms with Crippen molar-refractivity contribution in [3.8, 4) is 0 Å². The van der Waals surface area contributed by atoms with E-state index in [0.29, 0.717) is 29.4 Å². The van der Waals surface area contributed by atoms with E-state index < -0.39 is 5.69 Å². The number of aryl methyl sites for hydroxylation is 2. The van der Waals surface area contributed by atoms with Gasteiger partial charge in [-0.15, -0.1) is 0 Å². The average Bonchev–Trinajstić information content (AvgIpc) is 3.30. The molecule has 0 unspecified atom stereocenters. The minimum Gasteiger partial charge on any atom is -0.376 e. The van der Waals surface area contributed by atoms with Crippen molar-refractivity contribution in [2.45, 2.75) is 44.0 Å². The predicted octanol–water partition coefficient (Wildman–Crippen LogP) is 0.231. The highest BCUT2D eigenvalue weighted by atomic mass is 32.2. The third-order valence-electron chi connectivity index (χ3n) is 4.64. The van der Waals surface area contributed by atoms with Gasteiger partial charge >= 0.3 is 5.69 Å². The van der Waals surface area contributed by atoms with Gasteiger partial charge in [0.05, 0.1) is 11.9 Å². The fourth-order valence-electron chi connectivity index (χ4n) is 3.18. The van der Waals surface area contributed by atoms with E-state index in [1.807, 2.05) is 6.92 Å². The molecule has 1 aliphatic heterocycles. The molecular weight excluding hydrogens is 370 g/mol. The topological polar surface area (TPSA) is 100 Å². The number of hydrogen-bond acceptors (Lipinski definition) is 6. The fourth-order valence-corrected chi connectivity index (χ4v) is 4.03. The quantitative estimate of drug-likeness (QED) is 0.674. The Morgan fingerprint density at radius 3 is 2.78 bits per heavy atom. The molecule has 0 saturated carbocycles. The maximum atomic E-state index is 12.6. The van der Waals surface area contributed by atoms with Gasteiger partial charge in [0.15, 0.2) is 16.3 Å². The maximum absolute atomic E-state index is 12.6. The zero-order valence-electron chi connectivity index (χ0n) is 15.9. The molecule has 1 aliphatic rings. The molecule has 1 saturated heterocycles. The number of nitrogens with one attached hydrogen (secondary N) is 1. The second-order valence-corrected chi connectivity index (χ2v) is 7.59. The van der Waals surface area contributed by atoms with Crippen LogP contribution in [0.2, 0.25) is 0 Å². The first-order valence-corrected chi connectivity index (χ1v) is 10.1. The van der Waals surface area contributed by atoms with E-state index in [2.05, 4.69) is 10.3 Å². The molecule has 27 heavy (non-hydrogen) atoms. The molecule has 0 spiro atoms. The molecule has 2 aromatic rings. The van der Waals surface area contributed by atoms with Crippen LogP contribution in [-0.4, -0.2) is 49.6 Å². The van der Waals surface area contributed by atoms with Crippen LogP contribution in [0.4, 0.5) is 0 Å². The number of aromatic nitrogens is 4. The molecule has 1 amide bonds. The molecule has 0 aromatic carbocycles. The lowest BCUT2D eigenvalue weighted by Crippen LogP contribution is -2.37. The lowest BCUT2D eigenvalue weighted by Gasteiger charge is -2.11. The molecule has 1 N–H and O–H groups in total. The predicted molar refractivity (Wildman–Crippen MR) is 103 cm³/mol. The van der Waals surface area contributed by atoms with Crippen LogP contribution >= 0.6 is 11.8 Å². The SMILES string of the molecule is CCCn1c(SCC(=O)NC[C@@H]2CCCO2)nc2c1c(=O)n(C)c(=O)n2C. The number of hydrogen-bond donors (Lipinski definition) is 1. The number of fused-ring (bicyclic) bond motifs is 1. The third kappa shape index (κ3) is 3.96. The summed E-state index contributed by atoms with van der Waals surface area (Å²) in [6.45, 7) is 3.86. The highest BCUT2D eigenvalue weighted by Gasteiger charge is 2.20. The van der Waals surface area contributed by atoms with Gasteiger partial charge in [0.2, 0.25) is 5.91 Å². The first-order chi connectivity index (χ1) is 12.9. The van der Waals surface area contributed by atoms with Crippen LogP contribution in [0.15, 0.2) is 14.7 Å². The van der Waals surface area contributed by atoms with Gasteiger partial charge in [0, 0.05) is 33.8 Å². The maximum Gasteiger partial charge on any atom is 0.332 e. The van der Waals surface area contributed by atoms with E-state index in [-0.39, 0.29) is 23.3 Å². The molecule has 148 valence electrons. The van der Waals surface area contributed by atoms with E-state index in [4.69, 9.17) is 4.74 Å². The zero-order chi connectivity index (χ0) is 19.6. The van der Waals surface area contributed by atoms with Crippen LogP contribution in [0.3, 0.4) is 0 Å². The highest BCUT2D eigenvalue weighted by molar-refractivity contribution is 7.99. The summed E-state index contributed by atoms with van der Waals surface area (Å²) < 4.78 is 9.75. The molecule has 2 aromatic heterocycles. The van der Waals surface area contributed by atoms with Crippen LogP contribution in [0.25, 0.3) is 11.2 Å². The number of carbonyl (C=O) groups excluding carboxylic acids is 1. The Morgan fingerprint density at radius 1 is 1.33 bits per heavy atom. The van der Waals surface area contributed by atoms with Gasteiger partial charge in [-0.2, -0.15) is 0 Å². The summed E-state index contributed by atoms with van der Waals surface area (Å²) in [6, 6.07) is 0. The van der Waals surface area contributed by atoms with Gasteiger partial charge < -0.3 is 14.6 Å². The van der Waals surface area contributed by atoms with Gasteiger partial charge in [0.25, 0.3) is 5.56 Å². The Hall–Kier alpha value is -2.07. The molecule has 9 nitrogen and oxygen atoms in total. The summed E-state index contributed by atoms with van der Waals surface area (Å²) in [5.41, 5.74) is -0.0502. The standard InChI is InChI=1S/C17H25N5O4S/c1-4-7-22-13-14(20(2)17(25)21(3)15(13)24)19-16(22)27-10-12(23)18-9-11-6-5-8-26-11/h11H,4-10H2,1-3H3,(H,18,23)/t11-/m0/s1. The van der Waals surface area contributed by atoms with Gasteiger partial charge in [0.1, 0.15) is 0 Å². The molecule has 3 rings (SSSR count). The van der Waals surface area contributed by atoms with Crippen molar-refractivity contribution in [1.82, 2.24) is 24.0 Å². The normalized spacial score (nSPS) is 16.9. The van der Waals surface area contributed by atoms with Gasteiger partial charge in [-0.1, -0.05) is 18.7 Å². The van der Waals surface area contributed by atoms with Crippen molar-refractivity contribution in [2.75, 3.05) is 18.9 Å². The van der Waals surface area contributed by atoms with Crippen LogP contribution in [0.1, 0.15) is 26.2 Å². The molecule has 10 heteroatoms. The minimum absolute atomic E-state index is 0.0983. The smallest absolute Gasteiger partial charge is 0.332 e. The zero-order valence-corrected chi connectivity index (χ0v) is 16.7. The molecule has 0 aliphatic carbocycles. The van der Waals surface area contributed by atoms with Crippen LogP contribution in [-0.2, 0) is 30.2 Å².